The van der Waals surface area contributed by atoms with E-state index < -0.39 is 0 Å². The Balaban J connectivity index is 2.54. The highest BCUT2D eigenvalue weighted by Gasteiger charge is 2.15. The molecule has 1 amide bonds. The molecule has 0 spiro atoms. The average Bonchev–Trinajstić information content (AvgIpc) is 2.85. The molecule has 3 N–H and O–H groups in total. The first-order chi connectivity index (χ1) is 9.21. The molecule has 0 saturated heterocycles. The molecule has 1 atom stereocenters. The Bertz CT molecular complexity index is 377. The summed E-state index contributed by atoms with van der Waals surface area (Å²) in [5.41, 5.74) is 5.80. The van der Waals surface area contributed by atoms with Gasteiger partial charge in [0.15, 0.2) is 5.69 Å². The summed E-state index contributed by atoms with van der Waals surface area (Å²) < 4.78 is 1.59. The molecule has 0 aliphatic rings. The van der Waals surface area contributed by atoms with E-state index in [2.05, 4.69) is 29.5 Å². The predicted octanol–water partition coefficient (Wildman–Crippen LogP) is 1.33. The SMILES string of the molecule is CCCCC(CCC)NC(=O)c1cn(CCN)nn1. The molecule has 1 aromatic rings. The summed E-state index contributed by atoms with van der Waals surface area (Å²) in [6.45, 7) is 5.35. The van der Waals surface area contributed by atoms with Crippen LogP contribution in [0.15, 0.2) is 6.20 Å². The van der Waals surface area contributed by atoms with Crippen molar-refractivity contribution in [2.75, 3.05) is 6.54 Å². The van der Waals surface area contributed by atoms with E-state index in [0.29, 0.717) is 18.8 Å². The molecule has 1 heterocycles. The zero-order valence-electron chi connectivity index (χ0n) is 11.9. The average molecular weight is 267 g/mol. The van der Waals surface area contributed by atoms with Crippen LogP contribution in [0.5, 0.6) is 0 Å². The van der Waals surface area contributed by atoms with E-state index in [1.165, 1.54) is 0 Å². The Labute approximate surface area is 114 Å². The highest BCUT2D eigenvalue weighted by atomic mass is 16.2. The summed E-state index contributed by atoms with van der Waals surface area (Å²) in [6, 6.07) is 0.233. The van der Waals surface area contributed by atoms with E-state index in [0.717, 1.165) is 32.1 Å². The van der Waals surface area contributed by atoms with Gasteiger partial charge in [0, 0.05) is 12.6 Å². The van der Waals surface area contributed by atoms with Crippen LogP contribution in [0.2, 0.25) is 0 Å². The van der Waals surface area contributed by atoms with Crippen LogP contribution in [0, 0.1) is 0 Å². The van der Waals surface area contributed by atoms with Crippen LogP contribution < -0.4 is 11.1 Å². The number of unbranched alkanes of at least 4 members (excludes halogenated alkanes) is 1. The van der Waals surface area contributed by atoms with Crippen molar-refractivity contribution in [1.29, 1.82) is 0 Å². The molecule has 0 aliphatic carbocycles. The normalized spacial score (nSPS) is 12.4. The van der Waals surface area contributed by atoms with Crippen LogP contribution in [0.25, 0.3) is 0 Å². The van der Waals surface area contributed by atoms with Gasteiger partial charge in [0.2, 0.25) is 0 Å². The summed E-state index contributed by atoms with van der Waals surface area (Å²) >= 11 is 0. The third-order valence-electron chi connectivity index (χ3n) is 3.01. The molecule has 0 aromatic carbocycles. The standard InChI is InChI=1S/C13H25N5O/c1-3-5-7-11(6-4-2)15-13(19)12-10-18(9-8-14)17-16-12/h10-11H,3-9,14H2,1-2H3,(H,15,19). The Kier molecular flexibility index (Phi) is 7.10. The lowest BCUT2D eigenvalue weighted by Gasteiger charge is -2.16. The lowest BCUT2D eigenvalue weighted by atomic mass is 10.1. The lowest BCUT2D eigenvalue weighted by Crippen LogP contribution is -2.35. The van der Waals surface area contributed by atoms with Gasteiger partial charge in [-0.1, -0.05) is 38.3 Å². The Morgan fingerprint density at radius 3 is 2.84 bits per heavy atom. The fourth-order valence-electron chi connectivity index (χ4n) is 1.99. The Morgan fingerprint density at radius 1 is 1.42 bits per heavy atom. The molecule has 0 aliphatic heterocycles. The molecule has 19 heavy (non-hydrogen) atoms. The largest absolute Gasteiger partial charge is 0.348 e. The fourth-order valence-corrected chi connectivity index (χ4v) is 1.99. The minimum absolute atomic E-state index is 0.141. The van der Waals surface area contributed by atoms with Crippen molar-refractivity contribution in [3.63, 3.8) is 0 Å². The van der Waals surface area contributed by atoms with E-state index in [-0.39, 0.29) is 11.9 Å². The molecule has 108 valence electrons. The number of hydrogen-bond acceptors (Lipinski definition) is 4. The van der Waals surface area contributed by atoms with Gasteiger partial charge in [0.05, 0.1) is 12.7 Å². The lowest BCUT2D eigenvalue weighted by molar-refractivity contribution is 0.0927. The fraction of sp³-hybridized carbons (Fsp3) is 0.769. The maximum atomic E-state index is 12.1. The number of hydrogen-bond donors (Lipinski definition) is 2. The van der Waals surface area contributed by atoms with Gasteiger partial charge in [-0.15, -0.1) is 5.10 Å². The zero-order chi connectivity index (χ0) is 14.1. The third-order valence-corrected chi connectivity index (χ3v) is 3.01. The first-order valence-electron chi connectivity index (χ1n) is 7.12. The molecule has 0 saturated carbocycles. The third kappa shape index (κ3) is 5.38. The molecule has 0 bridgehead atoms. The van der Waals surface area contributed by atoms with E-state index in [1.807, 2.05) is 0 Å². The van der Waals surface area contributed by atoms with Gasteiger partial charge < -0.3 is 11.1 Å². The minimum atomic E-state index is -0.141. The number of rotatable bonds is 9. The van der Waals surface area contributed by atoms with Crippen LogP contribution >= 0.6 is 0 Å². The number of carbonyl (C=O) groups is 1. The minimum Gasteiger partial charge on any atom is -0.348 e. The summed E-state index contributed by atoms with van der Waals surface area (Å²) in [7, 11) is 0. The van der Waals surface area contributed by atoms with Crippen LogP contribution in [-0.2, 0) is 6.54 Å². The number of carbonyl (C=O) groups excluding carboxylic acids is 1. The second kappa shape index (κ2) is 8.63. The van der Waals surface area contributed by atoms with Crippen molar-refractivity contribution in [2.24, 2.45) is 5.73 Å². The number of nitrogens with one attached hydrogen (secondary N) is 1. The predicted molar refractivity (Wildman–Crippen MR) is 74.8 cm³/mol. The van der Waals surface area contributed by atoms with Gasteiger partial charge in [0.1, 0.15) is 0 Å². The van der Waals surface area contributed by atoms with Crippen LogP contribution in [0.3, 0.4) is 0 Å². The molecule has 0 radical (unpaired) electrons. The summed E-state index contributed by atoms with van der Waals surface area (Å²) in [5, 5.41) is 10.8. The number of nitrogens with two attached hydrogens (primary N) is 1. The van der Waals surface area contributed by atoms with Crippen molar-refractivity contribution in [3.8, 4) is 0 Å². The number of aromatic nitrogens is 3. The van der Waals surface area contributed by atoms with Gasteiger partial charge in [-0.25, -0.2) is 0 Å². The second-order valence-corrected chi connectivity index (χ2v) is 4.76. The smallest absolute Gasteiger partial charge is 0.273 e. The molecule has 1 unspecified atom stereocenters. The first-order valence-corrected chi connectivity index (χ1v) is 7.12. The molecular weight excluding hydrogens is 242 g/mol. The molecular formula is C13H25N5O. The molecule has 0 fully saturated rings. The number of nitrogens with zero attached hydrogens (tertiary/aromatic N) is 3. The van der Waals surface area contributed by atoms with Crippen molar-refractivity contribution >= 4 is 5.91 Å². The summed E-state index contributed by atoms with van der Waals surface area (Å²) in [5.74, 6) is -0.141. The second-order valence-electron chi connectivity index (χ2n) is 4.76. The van der Waals surface area contributed by atoms with Gasteiger partial charge >= 0.3 is 0 Å². The monoisotopic (exact) mass is 267 g/mol. The van der Waals surface area contributed by atoms with Crippen molar-refractivity contribution < 1.29 is 4.79 Å². The molecule has 6 heteroatoms. The van der Waals surface area contributed by atoms with Gasteiger partial charge in [0.25, 0.3) is 5.91 Å². The highest BCUT2D eigenvalue weighted by molar-refractivity contribution is 5.92. The van der Waals surface area contributed by atoms with Gasteiger partial charge in [-0.3, -0.25) is 9.48 Å². The van der Waals surface area contributed by atoms with E-state index in [1.54, 1.807) is 10.9 Å². The van der Waals surface area contributed by atoms with Crippen molar-refractivity contribution in [2.45, 2.75) is 58.5 Å². The van der Waals surface area contributed by atoms with Crippen molar-refractivity contribution in [3.05, 3.63) is 11.9 Å². The maximum Gasteiger partial charge on any atom is 0.273 e. The topological polar surface area (TPSA) is 85.8 Å². The quantitative estimate of drug-likeness (QED) is 0.706. The highest BCUT2D eigenvalue weighted by Crippen LogP contribution is 2.07. The van der Waals surface area contributed by atoms with Crippen LogP contribution in [-0.4, -0.2) is 33.5 Å². The molecule has 1 aromatic heterocycles. The molecule has 6 nitrogen and oxygen atoms in total. The van der Waals surface area contributed by atoms with Crippen LogP contribution in [0.4, 0.5) is 0 Å². The Morgan fingerprint density at radius 2 is 2.21 bits per heavy atom. The van der Waals surface area contributed by atoms with E-state index in [9.17, 15) is 4.79 Å². The number of amides is 1. The summed E-state index contributed by atoms with van der Waals surface area (Å²) in [4.78, 5) is 12.1. The first kappa shape index (κ1) is 15.6. The molecule has 1 rings (SSSR count). The van der Waals surface area contributed by atoms with Gasteiger partial charge in [-0.2, -0.15) is 0 Å². The van der Waals surface area contributed by atoms with Crippen LogP contribution in [0.1, 0.15) is 56.4 Å². The Hall–Kier alpha value is -1.43. The zero-order valence-corrected chi connectivity index (χ0v) is 11.9. The summed E-state index contributed by atoms with van der Waals surface area (Å²) in [6.07, 6.45) is 7.00. The maximum absolute atomic E-state index is 12.1. The van der Waals surface area contributed by atoms with E-state index >= 15 is 0 Å². The van der Waals surface area contributed by atoms with Gasteiger partial charge in [-0.05, 0) is 12.8 Å². The van der Waals surface area contributed by atoms with Crippen molar-refractivity contribution in [1.82, 2.24) is 20.3 Å². The van der Waals surface area contributed by atoms with E-state index in [4.69, 9.17) is 5.73 Å².